The van der Waals surface area contributed by atoms with Gasteiger partial charge in [0.25, 0.3) is 5.91 Å². The van der Waals surface area contributed by atoms with Crippen molar-refractivity contribution in [1.29, 1.82) is 0 Å². The van der Waals surface area contributed by atoms with Gasteiger partial charge < -0.3 is 10.2 Å². The van der Waals surface area contributed by atoms with Crippen LogP contribution in [-0.2, 0) is 16.6 Å². The van der Waals surface area contributed by atoms with Crippen molar-refractivity contribution in [2.24, 2.45) is 5.92 Å². The van der Waals surface area contributed by atoms with Gasteiger partial charge in [0.05, 0.1) is 18.5 Å². The zero-order chi connectivity index (χ0) is 23.3. The number of amides is 1. The molecule has 1 aliphatic heterocycles. The van der Waals surface area contributed by atoms with E-state index in [2.05, 4.69) is 24.1 Å². The molecule has 2 aromatic rings. The lowest BCUT2D eigenvalue weighted by molar-refractivity contribution is 0.0929. The number of nitrogens with zero attached hydrogens (tertiary/aromatic N) is 2. The minimum absolute atomic E-state index is 0.124. The van der Waals surface area contributed by atoms with E-state index in [0.29, 0.717) is 40.3 Å². The molecule has 1 N–H and O–H groups in total. The number of likely N-dealkylation sites (tertiary alicyclic amines) is 1. The molecule has 0 saturated carbocycles. The molecule has 1 amide bonds. The zero-order valence-electron chi connectivity index (χ0n) is 18.9. The first-order valence-corrected chi connectivity index (χ1v) is 13.2. The monoisotopic (exact) mass is 477 g/mol. The Balaban J connectivity index is 1.62. The SMILES string of the molecule is CC(C)N1CCC(CNC(=O)c2ccc(N(Cc3ccccc3Cl)S(C)(=O)=O)cc2)CC1. The second-order valence-corrected chi connectivity index (χ2v) is 11.0. The lowest BCUT2D eigenvalue weighted by Crippen LogP contribution is -2.41. The Kier molecular flexibility index (Phi) is 8.20. The standard InChI is InChI=1S/C24H32ClN3O3S/c1-18(2)27-14-12-19(13-15-27)16-26-24(29)20-8-10-22(11-9-20)28(32(3,30)31)17-21-6-4-5-7-23(21)25/h4-11,18-19H,12-17H2,1-3H3,(H,26,29). The molecule has 0 aromatic heterocycles. The van der Waals surface area contributed by atoms with Gasteiger partial charge in [-0.1, -0.05) is 29.8 Å². The molecule has 174 valence electrons. The van der Waals surface area contributed by atoms with Crippen LogP contribution < -0.4 is 9.62 Å². The Morgan fingerprint density at radius 1 is 1.12 bits per heavy atom. The lowest BCUT2D eigenvalue weighted by atomic mass is 9.96. The van der Waals surface area contributed by atoms with Crippen LogP contribution in [0.15, 0.2) is 48.5 Å². The van der Waals surface area contributed by atoms with Crippen LogP contribution in [0.2, 0.25) is 5.02 Å². The normalized spacial score (nSPS) is 15.7. The Morgan fingerprint density at radius 2 is 1.75 bits per heavy atom. The summed E-state index contributed by atoms with van der Waals surface area (Å²) >= 11 is 6.22. The van der Waals surface area contributed by atoms with E-state index < -0.39 is 10.0 Å². The van der Waals surface area contributed by atoms with Crippen LogP contribution in [-0.4, -0.2) is 51.2 Å². The Bertz CT molecular complexity index is 1020. The molecule has 1 saturated heterocycles. The molecule has 1 fully saturated rings. The summed E-state index contributed by atoms with van der Waals surface area (Å²) in [7, 11) is -3.53. The molecule has 0 aliphatic carbocycles. The van der Waals surface area contributed by atoms with E-state index >= 15 is 0 Å². The van der Waals surface area contributed by atoms with Crippen molar-refractivity contribution >= 4 is 33.2 Å². The van der Waals surface area contributed by atoms with Crippen molar-refractivity contribution in [3.63, 3.8) is 0 Å². The van der Waals surface area contributed by atoms with Crippen molar-refractivity contribution in [2.45, 2.75) is 39.3 Å². The van der Waals surface area contributed by atoms with Crippen molar-refractivity contribution < 1.29 is 13.2 Å². The highest BCUT2D eigenvalue weighted by atomic mass is 35.5. The molecular weight excluding hydrogens is 446 g/mol. The largest absolute Gasteiger partial charge is 0.352 e. The number of hydrogen-bond donors (Lipinski definition) is 1. The summed E-state index contributed by atoms with van der Waals surface area (Å²) < 4.78 is 26.1. The van der Waals surface area contributed by atoms with Crippen LogP contribution >= 0.6 is 11.6 Å². The number of rotatable bonds is 8. The van der Waals surface area contributed by atoms with Crippen LogP contribution in [0.4, 0.5) is 5.69 Å². The fourth-order valence-electron chi connectivity index (χ4n) is 3.97. The molecule has 1 heterocycles. The number of carbonyl (C=O) groups excluding carboxylic acids is 1. The van der Waals surface area contributed by atoms with Crippen LogP contribution in [0.5, 0.6) is 0 Å². The molecule has 8 heteroatoms. The van der Waals surface area contributed by atoms with E-state index in [1.165, 1.54) is 4.31 Å². The zero-order valence-corrected chi connectivity index (χ0v) is 20.5. The molecule has 32 heavy (non-hydrogen) atoms. The van der Waals surface area contributed by atoms with E-state index in [4.69, 9.17) is 11.6 Å². The van der Waals surface area contributed by atoms with Crippen LogP contribution in [0.1, 0.15) is 42.6 Å². The summed E-state index contributed by atoms with van der Waals surface area (Å²) in [6.07, 6.45) is 3.33. The number of piperidine rings is 1. The first kappa shape index (κ1) is 24.6. The average Bonchev–Trinajstić information content (AvgIpc) is 2.76. The van der Waals surface area contributed by atoms with Gasteiger partial charge >= 0.3 is 0 Å². The summed E-state index contributed by atoms with van der Waals surface area (Å²) in [4.78, 5) is 15.1. The van der Waals surface area contributed by atoms with Gasteiger partial charge in [0, 0.05) is 23.2 Å². The molecule has 0 spiro atoms. The summed E-state index contributed by atoms with van der Waals surface area (Å²) in [6, 6.07) is 14.4. The number of sulfonamides is 1. The van der Waals surface area contributed by atoms with Gasteiger partial charge in [-0.15, -0.1) is 0 Å². The smallest absolute Gasteiger partial charge is 0.251 e. The van der Waals surface area contributed by atoms with E-state index in [9.17, 15) is 13.2 Å². The molecule has 3 rings (SSSR count). The maximum atomic E-state index is 12.6. The quantitative estimate of drug-likeness (QED) is 0.619. The Morgan fingerprint density at radius 3 is 2.31 bits per heavy atom. The first-order chi connectivity index (χ1) is 15.1. The highest BCUT2D eigenvalue weighted by Gasteiger charge is 2.22. The minimum Gasteiger partial charge on any atom is -0.352 e. The van der Waals surface area contributed by atoms with Gasteiger partial charge in [0.15, 0.2) is 0 Å². The lowest BCUT2D eigenvalue weighted by Gasteiger charge is -2.34. The van der Waals surface area contributed by atoms with Gasteiger partial charge in [-0.2, -0.15) is 0 Å². The van der Waals surface area contributed by atoms with Crippen molar-refractivity contribution in [2.75, 3.05) is 30.2 Å². The van der Waals surface area contributed by atoms with E-state index in [1.54, 1.807) is 42.5 Å². The van der Waals surface area contributed by atoms with Crippen molar-refractivity contribution in [1.82, 2.24) is 10.2 Å². The second-order valence-electron chi connectivity index (χ2n) is 8.69. The number of hydrogen-bond acceptors (Lipinski definition) is 4. The van der Waals surface area contributed by atoms with E-state index in [0.717, 1.165) is 32.2 Å². The minimum atomic E-state index is -3.53. The van der Waals surface area contributed by atoms with Gasteiger partial charge in [-0.05, 0) is 81.6 Å². The topological polar surface area (TPSA) is 69.7 Å². The third kappa shape index (κ3) is 6.47. The molecular formula is C24H32ClN3O3S. The van der Waals surface area contributed by atoms with Gasteiger partial charge in [-0.3, -0.25) is 9.10 Å². The molecule has 1 aliphatic rings. The fraction of sp³-hybridized carbons (Fsp3) is 0.458. The van der Waals surface area contributed by atoms with Crippen molar-refractivity contribution in [3.8, 4) is 0 Å². The summed E-state index contributed by atoms with van der Waals surface area (Å²) in [6.45, 7) is 7.35. The molecule has 0 unspecified atom stereocenters. The second kappa shape index (κ2) is 10.7. The predicted molar refractivity (Wildman–Crippen MR) is 131 cm³/mol. The Hall–Kier alpha value is -2.09. The molecule has 0 radical (unpaired) electrons. The maximum absolute atomic E-state index is 12.6. The maximum Gasteiger partial charge on any atom is 0.251 e. The summed E-state index contributed by atoms with van der Waals surface area (Å²) in [5, 5.41) is 3.54. The predicted octanol–water partition coefficient (Wildman–Crippen LogP) is 4.16. The number of nitrogens with one attached hydrogen (secondary N) is 1. The number of anilines is 1. The molecule has 0 atom stereocenters. The highest BCUT2D eigenvalue weighted by molar-refractivity contribution is 7.92. The van der Waals surface area contributed by atoms with Crippen molar-refractivity contribution in [3.05, 3.63) is 64.7 Å². The molecule has 6 nitrogen and oxygen atoms in total. The third-order valence-electron chi connectivity index (χ3n) is 6.02. The summed E-state index contributed by atoms with van der Waals surface area (Å²) in [5.74, 6) is 0.351. The third-order valence-corrected chi connectivity index (χ3v) is 7.53. The highest BCUT2D eigenvalue weighted by Crippen LogP contribution is 2.25. The van der Waals surface area contributed by atoms with Crippen LogP contribution in [0.25, 0.3) is 0 Å². The number of halogens is 1. The van der Waals surface area contributed by atoms with E-state index in [-0.39, 0.29) is 12.5 Å². The number of benzene rings is 2. The van der Waals surface area contributed by atoms with Gasteiger partial charge in [0.1, 0.15) is 0 Å². The molecule has 0 bridgehead atoms. The van der Waals surface area contributed by atoms with Crippen LogP contribution in [0.3, 0.4) is 0 Å². The number of carbonyl (C=O) groups is 1. The first-order valence-electron chi connectivity index (χ1n) is 11.0. The summed E-state index contributed by atoms with van der Waals surface area (Å²) in [5.41, 5.74) is 1.72. The van der Waals surface area contributed by atoms with Gasteiger partial charge in [-0.25, -0.2) is 8.42 Å². The fourth-order valence-corrected chi connectivity index (χ4v) is 5.05. The Labute approximate surface area is 196 Å². The van der Waals surface area contributed by atoms with Gasteiger partial charge in [0.2, 0.25) is 10.0 Å². The van der Waals surface area contributed by atoms with E-state index in [1.807, 2.05) is 6.07 Å². The van der Waals surface area contributed by atoms with Crippen LogP contribution in [0, 0.1) is 5.92 Å². The molecule has 2 aromatic carbocycles. The average molecular weight is 478 g/mol.